The van der Waals surface area contributed by atoms with Gasteiger partial charge in [0.1, 0.15) is 5.69 Å². The Morgan fingerprint density at radius 3 is 1.75 bits per heavy atom. The molecule has 0 aromatic heterocycles. The SMILES string of the molecule is [Br-].[NH3+]c1ccc(C=Cc2ccccc2)cc1. The van der Waals surface area contributed by atoms with E-state index in [2.05, 4.69) is 42.2 Å². The molecule has 2 aromatic rings. The van der Waals surface area contributed by atoms with Crippen LogP contribution in [0.5, 0.6) is 0 Å². The molecule has 1 nitrogen and oxygen atoms in total. The first-order valence-electron chi connectivity index (χ1n) is 5.00. The van der Waals surface area contributed by atoms with Crippen LogP contribution in [-0.2, 0) is 0 Å². The van der Waals surface area contributed by atoms with E-state index in [1.165, 1.54) is 11.1 Å². The predicted octanol–water partition coefficient (Wildman–Crippen LogP) is -0.266. The molecule has 82 valence electrons. The minimum Gasteiger partial charge on any atom is -1.00 e. The second-order valence-electron chi connectivity index (χ2n) is 3.49. The third-order valence-corrected chi connectivity index (χ3v) is 2.25. The Morgan fingerprint density at radius 2 is 1.19 bits per heavy atom. The van der Waals surface area contributed by atoms with Crippen LogP contribution >= 0.6 is 0 Å². The summed E-state index contributed by atoms with van der Waals surface area (Å²) in [4.78, 5) is 0. The van der Waals surface area contributed by atoms with Crippen molar-refractivity contribution in [3.05, 3.63) is 65.7 Å². The molecule has 0 saturated heterocycles. The molecule has 0 radical (unpaired) electrons. The summed E-state index contributed by atoms with van der Waals surface area (Å²) in [5.41, 5.74) is 7.32. The predicted molar refractivity (Wildman–Crippen MR) is 64.4 cm³/mol. The lowest BCUT2D eigenvalue weighted by atomic mass is 10.1. The van der Waals surface area contributed by atoms with Crippen molar-refractivity contribution in [2.75, 3.05) is 0 Å². The average molecular weight is 276 g/mol. The van der Waals surface area contributed by atoms with Crippen LogP contribution in [0.25, 0.3) is 12.2 Å². The first kappa shape index (κ1) is 12.7. The first-order valence-corrected chi connectivity index (χ1v) is 5.00. The highest BCUT2D eigenvalue weighted by atomic mass is 79.9. The third kappa shape index (κ3) is 3.65. The number of benzene rings is 2. The highest BCUT2D eigenvalue weighted by molar-refractivity contribution is 5.69. The Bertz CT molecular complexity index is 446. The number of quaternary nitrogens is 1. The molecule has 0 aliphatic carbocycles. The third-order valence-electron chi connectivity index (χ3n) is 2.25. The molecular weight excluding hydrogens is 262 g/mol. The summed E-state index contributed by atoms with van der Waals surface area (Å²) in [5.74, 6) is 0. The molecule has 0 saturated carbocycles. The van der Waals surface area contributed by atoms with Gasteiger partial charge >= 0.3 is 0 Å². The molecule has 3 N–H and O–H groups in total. The van der Waals surface area contributed by atoms with Gasteiger partial charge in [-0.15, -0.1) is 0 Å². The highest BCUT2D eigenvalue weighted by Gasteiger charge is 1.89. The molecule has 0 atom stereocenters. The fraction of sp³-hybridized carbons (Fsp3) is 0. The summed E-state index contributed by atoms with van der Waals surface area (Å²) in [6.07, 6.45) is 4.22. The van der Waals surface area contributed by atoms with Gasteiger partial charge in [-0.2, -0.15) is 0 Å². The van der Waals surface area contributed by atoms with Gasteiger partial charge in [0.05, 0.1) is 0 Å². The van der Waals surface area contributed by atoms with Gasteiger partial charge in [-0.05, 0) is 35.4 Å². The van der Waals surface area contributed by atoms with E-state index in [9.17, 15) is 0 Å². The molecule has 2 rings (SSSR count). The largest absolute Gasteiger partial charge is 1.00 e. The van der Waals surface area contributed by atoms with Crippen molar-refractivity contribution in [3.63, 3.8) is 0 Å². The second kappa shape index (κ2) is 6.26. The first-order chi connectivity index (χ1) is 7.34. The summed E-state index contributed by atoms with van der Waals surface area (Å²) >= 11 is 0. The van der Waals surface area contributed by atoms with Crippen LogP contribution in [0.15, 0.2) is 54.6 Å². The minimum absolute atomic E-state index is 0. The van der Waals surface area contributed by atoms with E-state index in [4.69, 9.17) is 0 Å². The van der Waals surface area contributed by atoms with Crippen molar-refractivity contribution >= 4 is 17.8 Å². The van der Waals surface area contributed by atoms with E-state index in [-0.39, 0.29) is 17.0 Å². The van der Waals surface area contributed by atoms with Crippen molar-refractivity contribution in [2.24, 2.45) is 0 Å². The highest BCUT2D eigenvalue weighted by Crippen LogP contribution is 2.09. The maximum atomic E-state index is 3.86. The van der Waals surface area contributed by atoms with Crippen molar-refractivity contribution in [1.29, 1.82) is 0 Å². The fourth-order valence-electron chi connectivity index (χ4n) is 1.39. The molecule has 0 unspecified atom stereocenters. The molecular formula is C14H14BrN. The molecule has 0 bridgehead atoms. The van der Waals surface area contributed by atoms with Crippen LogP contribution in [0, 0.1) is 0 Å². The number of hydrogen-bond acceptors (Lipinski definition) is 0. The van der Waals surface area contributed by atoms with E-state index in [0.29, 0.717) is 0 Å². The second-order valence-corrected chi connectivity index (χ2v) is 3.49. The zero-order chi connectivity index (χ0) is 10.5. The minimum atomic E-state index is 0. The summed E-state index contributed by atoms with van der Waals surface area (Å²) in [6.45, 7) is 0. The van der Waals surface area contributed by atoms with Crippen LogP contribution in [0.2, 0.25) is 0 Å². The Morgan fingerprint density at radius 1 is 0.688 bits per heavy atom. The van der Waals surface area contributed by atoms with Gasteiger partial charge in [0, 0.05) is 0 Å². The molecule has 0 fully saturated rings. The number of hydrogen-bond donors (Lipinski definition) is 1. The van der Waals surface area contributed by atoms with Crippen molar-refractivity contribution in [3.8, 4) is 0 Å². The molecule has 0 aliphatic heterocycles. The Balaban J connectivity index is 0.00000128. The summed E-state index contributed by atoms with van der Waals surface area (Å²) in [7, 11) is 0. The lowest BCUT2D eigenvalue weighted by Crippen LogP contribution is -3.00. The van der Waals surface area contributed by atoms with Crippen LogP contribution in [0.1, 0.15) is 11.1 Å². The topological polar surface area (TPSA) is 27.6 Å². The molecule has 2 heteroatoms. The summed E-state index contributed by atoms with van der Waals surface area (Å²) in [6, 6.07) is 18.5. The normalized spacial score (nSPS) is 10.1. The van der Waals surface area contributed by atoms with E-state index < -0.39 is 0 Å². The van der Waals surface area contributed by atoms with E-state index in [1.807, 2.05) is 30.3 Å². The molecule has 16 heavy (non-hydrogen) atoms. The monoisotopic (exact) mass is 275 g/mol. The van der Waals surface area contributed by atoms with Crippen LogP contribution in [-0.4, -0.2) is 0 Å². The number of halogens is 1. The lowest BCUT2D eigenvalue weighted by molar-refractivity contribution is -0.254. The van der Waals surface area contributed by atoms with Gasteiger partial charge in [-0.25, -0.2) is 0 Å². The molecule has 0 spiro atoms. The Hall–Kier alpha value is -1.38. The van der Waals surface area contributed by atoms with Gasteiger partial charge in [0.25, 0.3) is 0 Å². The van der Waals surface area contributed by atoms with Crippen LogP contribution in [0.4, 0.5) is 5.69 Å². The summed E-state index contributed by atoms with van der Waals surface area (Å²) < 4.78 is 0. The van der Waals surface area contributed by atoms with Crippen molar-refractivity contribution in [1.82, 2.24) is 0 Å². The zero-order valence-electron chi connectivity index (χ0n) is 8.94. The summed E-state index contributed by atoms with van der Waals surface area (Å²) in [5, 5.41) is 0. The number of rotatable bonds is 2. The van der Waals surface area contributed by atoms with Crippen molar-refractivity contribution in [2.45, 2.75) is 0 Å². The van der Waals surface area contributed by atoms with E-state index >= 15 is 0 Å². The quantitative estimate of drug-likeness (QED) is 0.732. The zero-order valence-corrected chi connectivity index (χ0v) is 10.5. The lowest BCUT2D eigenvalue weighted by Gasteiger charge is -1.93. The Labute approximate surface area is 106 Å². The average Bonchev–Trinajstić information content (AvgIpc) is 2.30. The molecule has 0 amide bonds. The van der Waals surface area contributed by atoms with E-state index in [0.717, 1.165) is 5.69 Å². The maximum absolute atomic E-state index is 3.86. The van der Waals surface area contributed by atoms with E-state index in [1.54, 1.807) is 0 Å². The van der Waals surface area contributed by atoms with Gasteiger partial charge in [-0.3, -0.25) is 0 Å². The fourth-order valence-corrected chi connectivity index (χ4v) is 1.39. The molecule has 0 aliphatic rings. The van der Waals surface area contributed by atoms with Gasteiger partial charge in [0.15, 0.2) is 0 Å². The standard InChI is InChI=1S/C14H13N.BrH/c15-14-10-8-13(9-11-14)7-6-12-4-2-1-3-5-12;/h1-11H,15H2;1H. The molecule has 0 heterocycles. The maximum Gasteiger partial charge on any atom is 0.127 e. The van der Waals surface area contributed by atoms with Crippen molar-refractivity contribution < 1.29 is 22.7 Å². The Kier molecular flexibility index (Phi) is 4.96. The van der Waals surface area contributed by atoms with Gasteiger partial charge < -0.3 is 22.7 Å². The van der Waals surface area contributed by atoms with Gasteiger partial charge in [-0.1, -0.05) is 42.5 Å². The molecule has 2 aromatic carbocycles. The van der Waals surface area contributed by atoms with Gasteiger partial charge in [0.2, 0.25) is 0 Å². The van der Waals surface area contributed by atoms with Crippen LogP contribution in [0.3, 0.4) is 0 Å². The van der Waals surface area contributed by atoms with Crippen LogP contribution < -0.4 is 22.7 Å². The smallest absolute Gasteiger partial charge is 0.127 e.